The molecule has 0 aromatic carbocycles. The van der Waals surface area contributed by atoms with Crippen molar-refractivity contribution in [1.29, 1.82) is 1.43 Å². The van der Waals surface area contributed by atoms with E-state index in [4.69, 9.17) is 155 Å². The van der Waals surface area contributed by atoms with Gasteiger partial charge in [-0.25, -0.2) is 15.7 Å². The summed E-state index contributed by atoms with van der Waals surface area (Å²) in [5.41, 5.74) is 0. The van der Waals surface area contributed by atoms with Gasteiger partial charge >= 0.3 is 86.8 Å². The van der Waals surface area contributed by atoms with E-state index in [9.17, 15) is 83.6 Å². The topological polar surface area (TPSA) is 606 Å². The van der Waals surface area contributed by atoms with Crippen LogP contribution in [0.1, 0.15) is 133 Å². The zero-order valence-electron chi connectivity index (χ0n) is 80.2. The second-order valence-electron chi connectivity index (χ2n) is 36.6. The van der Waals surface area contributed by atoms with Crippen LogP contribution in [0.25, 0.3) is 4.85 Å². The molecule has 9 saturated heterocycles. The van der Waals surface area contributed by atoms with Gasteiger partial charge in [-0.2, -0.15) is 0 Å². The Morgan fingerprint density at radius 1 is 0.567 bits per heavy atom. The quantitative estimate of drug-likeness (QED) is 0.0102. The number of hydrogen-bond donors (Lipinski definition) is 13. The minimum absolute atomic E-state index is 0. The first-order valence-electron chi connectivity index (χ1n) is 42.8. The number of fused-ring (bicyclic) bond motifs is 2. The van der Waals surface area contributed by atoms with Crippen LogP contribution in [0, 0.1) is 6.57 Å². The van der Waals surface area contributed by atoms with E-state index in [0.717, 1.165) is 0 Å². The van der Waals surface area contributed by atoms with Gasteiger partial charge in [0.1, 0.15) is 148 Å². The molecule has 12 N–H and O–H groups in total. The van der Waals surface area contributed by atoms with E-state index in [1.165, 1.54) is 21.0 Å². The molecule has 0 radical (unpaired) electrons. The molecule has 9 aliphatic rings. The summed E-state index contributed by atoms with van der Waals surface area (Å²) in [5.74, 6) is 0. The second-order valence-corrected chi connectivity index (χ2v) is 81.7. The summed E-state index contributed by atoms with van der Waals surface area (Å²) in [4.78, 5) is 67.1. The number of thiol groups is 1. The number of halogens is 5. The normalized spacial score (nSPS) is 39.6. The molecule has 0 aromatic rings. The molecule has 44 nitrogen and oxygen atoms in total. The molecule has 798 valence electrons. The first-order valence-corrected chi connectivity index (χ1v) is 83.7. The van der Waals surface area contributed by atoms with Crippen molar-refractivity contribution < 1.29 is 218 Å². The summed E-state index contributed by atoms with van der Waals surface area (Å²) >= 11 is 29.2. The van der Waals surface area contributed by atoms with Gasteiger partial charge in [0.15, 0.2) is 31.1 Å². The largest absolute Gasteiger partial charge is 0.566 e. The molecule has 15 unspecified atom stereocenters. The van der Waals surface area contributed by atoms with Gasteiger partial charge in [-0.1, -0.05) is 93.8 Å². The van der Waals surface area contributed by atoms with Gasteiger partial charge in [0.05, 0.1) is 101 Å². The van der Waals surface area contributed by atoms with E-state index < -0.39 is 279 Å². The number of ether oxygens (including phenoxy) is 8. The molecule has 0 aromatic heterocycles. The number of rotatable bonds is 30. The van der Waals surface area contributed by atoms with Gasteiger partial charge in [0.25, 0.3) is 7.82 Å². The minimum Gasteiger partial charge on any atom is -0.566 e. The smallest absolute Gasteiger partial charge is 0.488 e. The summed E-state index contributed by atoms with van der Waals surface area (Å²) in [6.45, 7) is 33.6. The van der Waals surface area contributed by atoms with Crippen molar-refractivity contribution >= 4 is 198 Å². The maximum atomic E-state index is 12.9. The number of hydrogen-bond acceptors (Lipinski definition) is 43. The van der Waals surface area contributed by atoms with Crippen molar-refractivity contribution in [2.24, 2.45) is 0 Å². The number of nitrogens with zero attached hydrogens (tertiary/aromatic N) is 1. The third-order valence-electron chi connectivity index (χ3n) is 23.8. The predicted molar refractivity (Wildman–Crippen MR) is 538 cm³/mol. The minimum atomic E-state index is -5.03. The first-order chi connectivity index (χ1) is 61.7. The van der Waals surface area contributed by atoms with Crippen LogP contribution in [0.15, 0.2) is 0 Å². The Morgan fingerprint density at radius 2 is 0.940 bits per heavy atom. The molecule has 9 fully saturated rings. The Hall–Kier alpha value is 5.32. The van der Waals surface area contributed by atoms with E-state index in [1.807, 2.05) is 20.8 Å². The van der Waals surface area contributed by atoms with E-state index in [0.29, 0.717) is 13.3 Å². The van der Waals surface area contributed by atoms with Crippen molar-refractivity contribution in [2.75, 3.05) is 66.5 Å². The number of aliphatic hydroxyl groups is 9. The first kappa shape index (κ1) is 132. The van der Waals surface area contributed by atoms with Crippen LogP contribution in [0.5, 0.6) is 0 Å². The van der Waals surface area contributed by atoms with Gasteiger partial charge in [-0.05, 0) is 145 Å². The molecule has 134 heavy (non-hydrogen) atoms. The Kier molecular flexibility index (Phi) is 57.4. The van der Waals surface area contributed by atoms with Gasteiger partial charge in [-0.3, -0.25) is 31.7 Å². The fourth-order valence-electron chi connectivity index (χ4n) is 13.4. The Labute approximate surface area is 868 Å². The van der Waals surface area contributed by atoms with Crippen molar-refractivity contribution in [3.8, 4) is 0 Å². The van der Waals surface area contributed by atoms with Crippen LogP contribution in [0.3, 0.4) is 0 Å². The van der Waals surface area contributed by atoms with Crippen LogP contribution in [-0.4, -0.2) is 349 Å². The summed E-state index contributed by atoms with van der Waals surface area (Å²) in [5, 5.41) is 82.5. The van der Waals surface area contributed by atoms with Gasteiger partial charge < -0.3 is 158 Å². The van der Waals surface area contributed by atoms with Crippen molar-refractivity contribution in [2.45, 2.75) is 382 Å². The Balaban J connectivity index is 0.000000608. The van der Waals surface area contributed by atoms with Crippen molar-refractivity contribution in [3.63, 3.8) is 0 Å². The molecule has 9 heterocycles. The summed E-state index contributed by atoms with van der Waals surface area (Å²) in [6, 6.07) is 0. The van der Waals surface area contributed by atoms with Crippen LogP contribution >= 0.6 is 138 Å². The summed E-state index contributed by atoms with van der Waals surface area (Å²) < 4.78 is 196. The van der Waals surface area contributed by atoms with Crippen LogP contribution < -0.4 is 27.9 Å². The number of phosphoric acid groups is 2. The molecule has 0 aliphatic carbocycles. The van der Waals surface area contributed by atoms with Crippen LogP contribution in [0.4, 0.5) is 0 Å². The standard InChI is InChI=1S/C27H53NO10P2SSi2.C18H37O9PSSi.C12H24O12P2S.C12H22O11P2S.CH4O.CH4.I3.I2/c1-18-22(23(19(2)33-18)37-42(11,12)26(4,5)6)36-40(41,31-16-15-28-10)32-17-21-25(35-39(29)30)24(20(3)34-21)38-43(13,14)27(7,8)9;1-10-14(20)15(21)13(24-10)9-23-28(22,29)26-17-12(8-19)25-11(2)16(17)27-30(6,7)18(3,4)5;1-5-9(13)11(15)7(22-5)3-21-26(19,27)24-12-8(4-20-25(16,17)18)23-6(2)10(12)14;1-5-9(13)11-8(21-5)4-19-25(17,26)23-12-7(20-6(2)10(12)14)3-18-24(15,16)22-11;1-2;;1-3-2;1-2/h18-25H,15-17H2,1-9,11-14H3;10-17,19-21H,8-9H2,1-7H3,(H,22,29);5-15H,3-4H2,1-2H3,(H,19,27)(H2,16,17,18);5-14H,3-4H2,1-2H3,(H,15,16)(H,17,26);2H,1H3;1H4;;/q;;;;;;-1;/p-2/t18-,19+,20+,21-,22?,23-,24-,25?,40?;10-,11-,12+,13+,14+,15?,16+,17?,28?;5-,6-,7+,8+,9+,10+,11?,12?,26?;5-,6-,7+,8+,9?,10+,11-,12?,25?;;;;/m1000..../s1/i1D;;;;2T;;;. The Bertz CT molecular complexity index is 3890. The third-order valence-corrected chi connectivity index (χ3v) is 46.1. The SMILES string of the molecule is C.C[C@@H]1O[C@@H]2COP([O-])(=S)OC3[C@@H](COP(=O)(O)O[C@@H]2C1O)O[C@@H](C)[C@H]3O.C[C@@H]1O[C@H](COP(=O)(S)OC2[C@@H](CO)O[C@@H](C)[C@H]2O[Si](C)(C)C(C)(C)C)C(O)[C@@H]1O.C[C@@H]1O[C@H](COP(O)(=S)OC2[C@@H](COP(=O)([O-])O)O[C@@H](C)[C@H]2O)C(O)[C@@H]1O.II.I[I-]I.[2H]C[C@H]1O[C@@H](C)[C@@H](O[Si](C)(C)C(C)(C)C)C1OP(=S)(OCC[N+]#[C-])OC[C@H]1O[C@@H](C)[C@@H](O[Si](C)(C)C(C)(C)C)C1O[P+](=O)[O-].[3H]OC. The molecular formula is C71H142I5NO43P7S4Si3-3. The second kappa shape index (κ2) is 58.4. The Morgan fingerprint density at radius 3 is 1.36 bits per heavy atom. The third kappa shape index (κ3) is 41.4. The fourth-order valence-corrected chi connectivity index (χ4v) is 25.7. The van der Waals surface area contributed by atoms with E-state index in [2.05, 4.69) is 203 Å². The monoisotopic (exact) mass is 2760 g/mol. The maximum absolute atomic E-state index is 12.9. The molecule has 0 bridgehead atoms. The van der Waals surface area contributed by atoms with E-state index in [-0.39, 0.29) is 81.2 Å². The average molecular weight is 2760 g/mol. The fraction of sp³-hybridized carbons (Fsp3) is 0.986. The van der Waals surface area contributed by atoms with E-state index >= 15 is 0 Å². The van der Waals surface area contributed by atoms with Gasteiger partial charge in [0, 0.05) is 45.7 Å². The van der Waals surface area contributed by atoms with Crippen LogP contribution in [-0.2, 0) is 164 Å². The predicted octanol–water partition coefficient (Wildman–Crippen LogP) is 5.75. The maximum Gasteiger partial charge on any atom is 0.488 e. The molecule has 9 rings (SSSR count). The zero-order chi connectivity index (χ0) is 104. The molecule has 0 saturated carbocycles. The van der Waals surface area contributed by atoms with Crippen molar-refractivity contribution in [1.82, 2.24) is 0 Å². The zero-order valence-corrected chi connectivity index (χ0v) is 102. The number of phosphoric ester groups is 2. The van der Waals surface area contributed by atoms with E-state index in [1.54, 1.807) is 20.8 Å². The molecular weight excluding hydrogens is 2620 g/mol. The average Bonchev–Trinajstić information content (AvgIpc) is 1.63. The molecule has 39 atom stereocenters. The van der Waals surface area contributed by atoms with Crippen LogP contribution in [0.2, 0.25) is 54.4 Å². The van der Waals surface area contributed by atoms with Gasteiger partial charge in [-0.15, -0.1) is 4.52 Å². The van der Waals surface area contributed by atoms with Gasteiger partial charge in [0.2, 0.25) is 7.98 Å². The summed E-state index contributed by atoms with van der Waals surface area (Å²) in [7, 11) is -18.4. The molecule has 63 heteroatoms. The summed E-state index contributed by atoms with van der Waals surface area (Å²) in [6.07, 6.45) is -28.2. The molecule has 0 spiro atoms. The number of aliphatic hydroxyl groups excluding tert-OH is 9. The van der Waals surface area contributed by atoms with Crippen molar-refractivity contribution in [3.05, 3.63) is 11.4 Å². The molecule has 9 aliphatic heterocycles. The molecule has 0 amide bonds.